The van der Waals surface area contributed by atoms with E-state index in [0.717, 1.165) is 0 Å². The standard InChI is InChI=1S/C10H11F6IO4/c1-5(18)20-8(9(11,12)13,10(14,15)16)7(2,3)21-6(19)4-17/h4H2,1-3H3. The predicted molar refractivity (Wildman–Crippen MR) is 65.7 cm³/mol. The van der Waals surface area contributed by atoms with E-state index < -0.39 is 39.9 Å². The maximum Gasteiger partial charge on any atom is 0.441 e. The van der Waals surface area contributed by atoms with Crippen LogP contribution in [0.15, 0.2) is 0 Å². The van der Waals surface area contributed by atoms with Crippen LogP contribution in [0.25, 0.3) is 0 Å². The zero-order valence-corrected chi connectivity index (χ0v) is 13.1. The normalized spacial score (nSPS) is 13.8. The summed E-state index contributed by atoms with van der Waals surface area (Å²) in [5, 5.41) is 0. The minimum Gasteiger partial charge on any atom is -0.454 e. The minimum absolute atomic E-state index is 0.376. The molecule has 4 nitrogen and oxygen atoms in total. The zero-order valence-electron chi connectivity index (χ0n) is 11.0. The second-order valence-corrected chi connectivity index (χ2v) is 5.15. The molecule has 124 valence electrons. The maximum atomic E-state index is 13.1. The van der Waals surface area contributed by atoms with Crippen LogP contribution in [0.3, 0.4) is 0 Å². The molecule has 0 fully saturated rings. The van der Waals surface area contributed by atoms with Crippen molar-refractivity contribution in [3.63, 3.8) is 0 Å². The average molecular weight is 436 g/mol. The summed E-state index contributed by atoms with van der Waals surface area (Å²) in [6, 6.07) is 0. The summed E-state index contributed by atoms with van der Waals surface area (Å²) < 4.78 is 85.9. The molecule has 0 aliphatic rings. The van der Waals surface area contributed by atoms with Crippen LogP contribution in [0.4, 0.5) is 26.3 Å². The summed E-state index contributed by atoms with van der Waals surface area (Å²) in [7, 11) is 0. The van der Waals surface area contributed by atoms with Gasteiger partial charge in [0.2, 0.25) is 0 Å². The molecule has 21 heavy (non-hydrogen) atoms. The number of esters is 2. The van der Waals surface area contributed by atoms with E-state index in [0.29, 0.717) is 20.8 Å². The number of carbonyl (C=O) groups excluding carboxylic acids is 2. The molecular formula is C10H11F6IO4. The summed E-state index contributed by atoms with van der Waals surface area (Å²) >= 11 is 1.40. The smallest absolute Gasteiger partial charge is 0.441 e. The molecule has 0 aromatic rings. The van der Waals surface area contributed by atoms with Crippen LogP contribution in [0.5, 0.6) is 0 Å². The molecule has 0 aromatic carbocycles. The van der Waals surface area contributed by atoms with Gasteiger partial charge in [0.25, 0.3) is 0 Å². The molecule has 0 saturated heterocycles. The fourth-order valence-electron chi connectivity index (χ4n) is 1.68. The number of rotatable bonds is 4. The lowest BCUT2D eigenvalue weighted by Gasteiger charge is -2.45. The third kappa shape index (κ3) is 3.92. The molecule has 0 aliphatic heterocycles. The van der Waals surface area contributed by atoms with Gasteiger partial charge in [-0.05, 0) is 13.8 Å². The van der Waals surface area contributed by atoms with Gasteiger partial charge in [0.1, 0.15) is 0 Å². The lowest BCUT2D eigenvalue weighted by molar-refractivity contribution is -0.407. The van der Waals surface area contributed by atoms with Gasteiger partial charge in [-0.25, -0.2) is 0 Å². The van der Waals surface area contributed by atoms with E-state index in [1.807, 2.05) is 0 Å². The van der Waals surface area contributed by atoms with Crippen molar-refractivity contribution >= 4 is 34.5 Å². The first-order chi connectivity index (χ1) is 9.12. The summed E-state index contributed by atoms with van der Waals surface area (Å²) in [6.07, 6.45) is -12.1. The van der Waals surface area contributed by atoms with Crippen molar-refractivity contribution in [3.05, 3.63) is 0 Å². The molecule has 0 bridgehead atoms. The minimum atomic E-state index is -6.05. The molecule has 0 saturated carbocycles. The monoisotopic (exact) mass is 436 g/mol. The molecule has 0 atom stereocenters. The Morgan fingerprint density at radius 1 is 0.952 bits per heavy atom. The molecule has 0 N–H and O–H groups in total. The van der Waals surface area contributed by atoms with E-state index in [9.17, 15) is 35.9 Å². The fraction of sp³-hybridized carbons (Fsp3) is 0.800. The van der Waals surface area contributed by atoms with Gasteiger partial charge >= 0.3 is 29.9 Å². The van der Waals surface area contributed by atoms with Gasteiger partial charge in [-0.1, -0.05) is 22.6 Å². The predicted octanol–water partition coefficient (Wildman–Crippen LogP) is 3.17. The molecule has 0 heterocycles. The van der Waals surface area contributed by atoms with Crippen molar-refractivity contribution in [3.8, 4) is 0 Å². The Balaban J connectivity index is 6.24. The number of alkyl halides is 7. The van der Waals surface area contributed by atoms with E-state index in [-0.39, 0.29) is 0 Å². The highest BCUT2D eigenvalue weighted by Gasteiger charge is 2.82. The van der Waals surface area contributed by atoms with Crippen LogP contribution < -0.4 is 0 Å². The fourth-order valence-corrected chi connectivity index (χ4v) is 1.84. The highest BCUT2D eigenvalue weighted by atomic mass is 127. The molecular weight excluding hydrogens is 425 g/mol. The van der Waals surface area contributed by atoms with Gasteiger partial charge in [0.15, 0.2) is 5.60 Å². The highest BCUT2D eigenvalue weighted by molar-refractivity contribution is 14.1. The summed E-state index contributed by atoms with van der Waals surface area (Å²) in [5.41, 5.74) is -8.18. The van der Waals surface area contributed by atoms with Crippen molar-refractivity contribution < 1.29 is 45.4 Å². The van der Waals surface area contributed by atoms with Gasteiger partial charge < -0.3 is 9.47 Å². The van der Waals surface area contributed by atoms with Crippen LogP contribution in [0.2, 0.25) is 0 Å². The second kappa shape index (κ2) is 6.16. The lowest BCUT2D eigenvalue weighted by Crippen LogP contribution is -2.71. The number of halogens is 7. The van der Waals surface area contributed by atoms with Crippen LogP contribution in [-0.2, 0) is 19.1 Å². The molecule has 0 radical (unpaired) electrons. The Kier molecular flexibility index (Phi) is 5.94. The first-order valence-corrected chi connectivity index (χ1v) is 6.76. The van der Waals surface area contributed by atoms with Crippen molar-refractivity contribution in [1.29, 1.82) is 0 Å². The molecule has 0 aromatic heterocycles. The average Bonchev–Trinajstić information content (AvgIpc) is 2.20. The van der Waals surface area contributed by atoms with Crippen molar-refractivity contribution in [2.24, 2.45) is 0 Å². The van der Waals surface area contributed by atoms with E-state index in [4.69, 9.17) is 0 Å². The Morgan fingerprint density at radius 2 is 1.33 bits per heavy atom. The SMILES string of the molecule is CC(=O)OC(C(F)(F)F)(C(F)(F)F)C(C)(C)OC(=O)CI. The maximum absolute atomic E-state index is 13.1. The van der Waals surface area contributed by atoms with Gasteiger partial charge in [0, 0.05) is 6.92 Å². The number of ether oxygens (including phenoxy) is 2. The Hall–Kier alpha value is -0.750. The molecule has 11 heteroatoms. The lowest BCUT2D eigenvalue weighted by atomic mass is 9.83. The van der Waals surface area contributed by atoms with E-state index in [1.165, 1.54) is 22.6 Å². The Bertz CT molecular complexity index is 401. The van der Waals surface area contributed by atoms with Gasteiger partial charge in [-0.15, -0.1) is 0 Å². The van der Waals surface area contributed by atoms with Crippen molar-refractivity contribution in [2.75, 3.05) is 4.43 Å². The molecule has 0 spiro atoms. The molecule has 0 aliphatic carbocycles. The van der Waals surface area contributed by atoms with Crippen LogP contribution in [0, 0.1) is 0 Å². The number of carbonyl (C=O) groups is 2. The van der Waals surface area contributed by atoms with Crippen LogP contribution in [-0.4, -0.2) is 39.9 Å². The third-order valence-electron chi connectivity index (χ3n) is 2.42. The van der Waals surface area contributed by atoms with Crippen LogP contribution in [0.1, 0.15) is 20.8 Å². The van der Waals surface area contributed by atoms with Crippen LogP contribution >= 0.6 is 22.6 Å². The molecule has 0 amide bonds. The quantitative estimate of drug-likeness (QED) is 0.294. The molecule has 0 rings (SSSR count). The van der Waals surface area contributed by atoms with Gasteiger partial charge in [-0.3, -0.25) is 9.59 Å². The first kappa shape index (κ1) is 20.2. The second-order valence-electron chi connectivity index (χ2n) is 4.39. The zero-order chi connectivity index (χ0) is 17.3. The third-order valence-corrected chi connectivity index (χ3v) is 3.04. The van der Waals surface area contributed by atoms with E-state index in [1.54, 1.807) is 0 Å². The van der Waals surface area contributed by atoms with E-state index >= 15 is 0 Å². The first-order valence-electron chi connectivity index (χ1n) is 5.23. The van der Waals surface area contributed by atoms with Gasteiger partial charge in [-0.2, -0.15) is 26.3 Å². The highest BCUT2D eigenvalue weighted by Crippen LogP contribution is 2.53. The van der Waals surface area contributed by atoms with E-state index in [2.05, 4.69) is 9.47 Å². The van der Waals surface area contributed by atoms with Crippen molar-refractivity contribution in [2.45, 2.75) is 44.3 Å². The van der Waals surface area contributed by atoms with Crippen molar-refractivity contribution in [1.82, 2.24) is 0 Å². The summed E-state index contributed by atoms with van der Waals surface area (Å²) in [4.78, 5) is 21.9. The Morgan fingerprint density at radius 3 is 1.57 bits per heavy atom. The molecule has 0 unspecified atom stereocenters. The topological polar surface area (TPSA) is 52.6 Å². The van der Waals surface area contributed by atoms with Gasteiger partial charge in [0.05, 0.1) is 4.43 Å². The Labute approximate surface area is 129 Å². The number of hydrogen-bond donors (Lipinski definition) is 0. The largest absolute Gasteiger partial charge is 0.454 e. The summed E-state index contributed by atoms with van der Waals surface area (Å²) in [6.45, 7) is 1.14. The summed E-state index contributed by atoms with van der Waals surface area (Å²) in [5.74, 6) is -3.13. The number of hydrogen-bond acceptors (Lipinski definition) is 4.